The number of halogens is 3. The highest BCUT2D eigenvalue weighted by Gasteiger charge is 2.30. The molecule has 2 heterocycles. The van der Waals surface area contributed by atoms with Gasteiger partial charge in [-0.25, -0.2) is 9.97 Å². The molecule has 0 unspecified atom stereocenters. The van der Waals surface area contributed by atoms with Crippen LogP contribution >= 0.6 is 0 Å². The Balaban J connectivity index is 1.69. The number of fused-ring (bicyclic) bond motifs is 1. The molecule has 0 aliphatic carbocycles. The van der Waals surface area contributed by atoms with Gasteiger partial charge in [0.25, 0.3) is 0 Å². The highest BCUT2D eigenvalue weighted by molar-refractivity contribution is 5.91. The van der Waals surface area contributed by atoms with E-state index in [2.05, 4.69) is 15.3 Å². The molecule has 1 N–H and O–H groups in total. The number of aryl methyl sites for hydroxylation is 2. The molecule has 0 saturated heterocycles. The minimum Gasteiger partial charge on any atom is -0.335 e. The third kappa shape index (κ3) is 3.96. The Morgan fingerprint density at radius 2 is 2.04 bits per heavy atom. The lowest BCUT2D eigenvalue weighted by molar-refractivity contribution is -0.137. The molecule has 1 amide bonds. The number of amides is 1. The van der Waals surface area contributed by atoms with E-state index in [0.29, 0.717) is 23.3 Å². The summed E-state index contributed by atoms with van der Waals surface area (Å²) in [7, 11) is 0. The number of benzene rings is 1. The maximum Gasteiger partial charge on any atom is 0.416 e. The minimum atomic E-state index is -4.40. The molecule has 1 aromatic carbocycles. The van der Waals surface area contributed by atoms with E-state index in [4.69, 9.17) is 0 Å². The van der Waals surface area contributed by atoms with Gasteiger partial charge >= 0.3 is 6.18 Å². The van der Waals surface area contributed by atoms with Crippen molar-refractivity contribution in [2.45, 2.75) is 26.1 Å². The van der Waals surface area contributed by atoms with E-state index in [9.17, 15) is 18.0 Å². The van der Waals surface area contributed by atoms with Gasteiger partial charge in [0.15, 0.2) is 0 Å². The van der Waals surface area contributed by atoms with Crippen LogP contribution in [-0.4, -0.2) is 20.4 Å². The Kier molecular flexibility index (Phi) is 4.43. The molecule has 2 aromatic heterocycles. The maximum atomic E-state index is 12.7. The summed E-state index contributed by atoms with van der Waals surface area (Å²) >= 11 is 0. The Bertz CT molecular complexity index is 918. The molecular formula is C17H15F3N4O. The van der Waals surface area contributed by atoms with E-state index >= 15 is 0 Å². The average molecular weight is 348 g/mol. The molecule has 0 aliphatic heterocycles. The van der Waals surface area contributed by atoms with Crippen molar-refractivity contribution >= 4 is 22.6 Å². The molecule has 5 nitrogen and oxygen atoms in total. The molecule has 0 radical (unpaired) electrons. The zero-order valence-electron chi connectivity index (χ0n) is 13.3. The predicted molar refractivity (Wildman–Crippen MR) is 87.0 cm³/mol. The number of hydrogen-bond acceptors (Lipinski definition) is 3. The topological polar surface area (TPSA) is 59.8 Å². The number of aromatic nitrogens is 3. The summed E-state index contributed by atoms with van der Waals surface area (Å²) in [4.78, 5) is 20.3. The predicted octanol–water partition coefficient (Wildman–Crippen LogP) is 3.79. The van der Waals surface area contributed by atoms with Crippen LogP contribution in [0.5, 0.6) is 0 Å². The van der Waals surface area contributed by atoms with E-state index in [1.54, 1.807) is 12.4 Å². The number of carbonyl (C=O) groups excluding carboxylic acids is 1. The fraction of sp³-hybridized carbons (Fsp3) is 0.235. The number of nitrogens with one attached hydrogen (secondary N) is 1. The summed E-state index contributed by atoms with van der Waals surface area (Å²) in [5.74, 6) is 0.892. The van der Waals surface area contributed by atoms with Crippen LogP contribution in [-0.2, 0) is 17.5 Å². The molecule has 8 heteroatoms. The van der Waals surface area contributed by atoms with E-state index in [1.807, 2.05) is 11.5 Å². The smallest absolute Gasteiger partial charge is 0.335 e. The summed E-state index contributed by atoms with van der Waals surface area (Å²) in [6.07, 6.45) is -0.709. The van der Waals surface area contributed by atoms with E-state index in [-0.39, 0.29) is 12.3 Å². The number of pyridine rings is 1. The van der Waals surface area contributed by atoms with Crippen molar-refractivity contribution < 1.29 is 18.0 Å². The second kappa shape index (κ2) is 6.54. The average Bonchev–Trinajstić information content (AvgIpc) is 2.96. The van der Waals surface area contributed by atoms with E-state index in [0.717, 1.165) is 18.0 Å². The van der Waals surface area contributed by atoms with Crippen molar-refractivity contribution in [3.63, 3.8) is 0 Å². The van der Waals surface area contributed by atoms with Crippen molar-refractivity contribution in [2.75, 3.05) is 5.32 Å². The standard InChI is InChI=1S/C17H15F3N4O/c1-11-21-7-9-24(11)8-6-16(25)23-15-5-2-12-10-13(17(18,19)20)3-4-14(12)22-15/h2-5,7,9-10H,6,8H2,1H3,(H,22,23,25). The van der Waals surface area contributed by atoms with Crippen LogP contribution in [0.1, 0.15) is 17.8 Å². The highest BCUT2D eigenvalue weighted by atomic mass is 19.4. The molecule has 3 rings (SSSR count). The Hall–Kier alpha value is -2.90. The second-order valence-electron chi connectivity index (χ2n) is 5.57. The molecular weight excluding hydrogens is 333 g/mol. The van der Waals surface area contributed by atoms with Crippen molar-refractivity contribution in [1.29, 1.82) is 0 Å². The van der Waals surface area contributed by atoms with Gasteiger partial charge in [0.1, 0.15) is 11.6 Å². The lowest BCUT2D eigenvalue weighted by atomic mass is 10.1. The molecule has 3 aromatic rings. The third-order valence-corrected chi connectivity index (χ3v) is 3.79. The molecule has 0 fully saturated rings. The van der Waals surface area contributed by atoms with Gasteiger partial charge in [-0.2, -0.15) is 13.2 Å². The number of hydrogen-bond donors (Lipinski definition) is 1. The van der Waals surface area contributed by atoms with Gasteiger partial charge in [-0.05, 0) is 37.3 Å². The zero-order valence-corrected chi connectivity index (χ0v) is 13.3. The van der Waals surface area contributed by atoms with Crippen LogP contribution in [0.2, 0.25) is 0 Å². The monoisotopic (exact) mass is 348 g/mol. The molecule has 0 aliphatic rings. The number of nitrogens with zero attached hydrogens (tertiary/aromatic N) is 3. The van der Waals surface area contributed by atoms with Crippen LogP contribution in [0.25, 0.3) is 10.9 Å². The van der Waals surface area contributed by atoms with Crippen LogP contribution in [0, 0.1) is 6.92 Å². The lowest BCUT2D eigenvalue weighted by Gasteiger charge is -2.09. The molecule has 0 saturated carbocycles. The Labute approximate surface area is 141 Å². The highest BCUT2D eigenvalue weighted by Crippen LogP contribution is 2.31. The van der Waals surface area contributed by atoms with Crippen molar-refractivity contribution in [3.05, 3.63) is 54.1 Å². The van der Waals surface area contributed by atoms with Gasteiger partial charge in [0.2, 0.25) is 5.91 Å². The first kappa shape index (κ1) is 16.9. The van der Waals surface area contributed by atoms with Crippen molar-refractivity contribution in [1.82, 2.24) is 14.5 Å². The molecule has 0 atom stereocenters. The first-order chi connectivity index (χ1) is 11.8. The normalized spacial score (nSPS) is 11.7. The molecule has 0 spiro atoms. The quantitative estimate of drug-likeness (QED) is 0.780. The van der Waals surface area contributed by atoms with E-state index in [1.165, 1.54) is 18.2 Å². The summed E-state index contributed by atoms with van der Waals surface area (Å²) in [5.41, 5.74) is -0.342. The number of imidazole rings is 1. The zero-order chi connectivity index (χ0) is 18.0. The summed E-state index contributed by atoms with van der Waals surface area (Å²) in [6, 6.07) is 6.30. The van der Waals surface area contributed by atoms with Gasteiger partial charge in [-0.3, -0.25) is 4.79 Å². The van der Waals surface area contributed by atoms with Crippen LogP contribution in [0.3, 0.4) is 0 Å². The molecule has 25 heavy (non-hydrogen) atoms. The molecule has 130 valence electrons. The second-order valence-corrected chi connectivity index (χ2v) is 5.57. The lowest BCUT2D eigenvalue weighted by Crippen LogP contribution is -2.15. The van der Waals surface area contributed by atoms with Crippen LogP contribution in [0.15, 0.2) is 42.7 Å². The van der Waals surface area contributed by atoms with Gasteiger partial charge < -0.3 is 9.88 Å². The van der Waals surface area contributed by atoms with Gasteiger partial charge in [-0.15, -0.1) is 0 Å². The summed E-state index contributed by atoms with van der Waals surface area (Å²) < 4.78 is 40.0. The SMILES string of the molecule is Cc1nccn1CCC(=O)Nc1ccc2cc(C(F)(F)F)ccc2n1. The van der Waals surface area contributed by atoms with Gasteiger partial charge in [0.05, 0.1) is 11.1 Å². The van der Waals surface area contributed by atoms with Gasteiger partial charge in [-0.1, -0.05) is 0 Å². The van der Waals surface area contributed by atoms with Crippen LogP contribution in [0.4, 0.5) is 19.0 Å². The number of anilines is 1. The first-order valence-electron chi connectivity index (χ1n) is 7.58. The third-order valence-electron chi connectivity index (χ3n) is 3.79. The van der Waals surface area contributed by atoms with Crippen molar-refractivity contribution in [2.24, 2.45) is 0 Å². The Morgan fingerprint density at radius 3 is 2.72 bits per heavy atom. The fourth-order valence-electron chi connectivity index (χ4n) is 2.44. The van der Waals surface area contributed by atoms with Gasteiger partial charge in [0, 0.05) is 30.7 Å². The van der Waals surface area contributed by atoms with E-state index < -0.39 is 11.7 Å². The van der Waals surface area contributed by atoms with Crippen molar-refractivity contribution in [3.8, 4) is 0 Å². The largest absolute Gasteiger partial charge is 0.416 e. The number of rotatable bonds is 4. The maximum absolute atomic E-state index is 12.7. The van der Waals surface area contributed by atoms with Crippen LogP contribution < -0.4 is 5.32 Å². The molecule has 0 bridgehead atoms. The summed E-state index contributed by atoms with van der Waals surface area (Å²) in [6.45, 7) is 2.33. The fourth-order valence-corrected chi connectivity index (χ4v) is 2.44. The minimum absolute atomic E-state index is 0.230. The number of carbonyl (C=O) groups is 1. The Morgan fingerprint density at radius 1 is 1.24 bits per heavy atom. The number of alkyl halides is 3. The first-order valence-corrected chi connectivity index (χ1v) is 7.58. The summed E-state index contributed by atoms with van der Waals surface area (Å²) in [5, 5.41) is 3.02.